The van der Waals surface area contributed by atoms with Crippen molar-refractivity contribution in [1.82, 2.24) is 8.96 Å². The van der Waals surface area contributed by atoms with Crippen molar-refractivity contribution in [1.29, 1.82) is 0 Å². The molecule has 0 fully saturated rings. The van der Waals surface area contributed by atoms with Gasteiger partial charge in [0.1, 0.15) is 0 Å². The second-order valence-corrected chi connectivity index (χ2v) is 6.76. The van der Waals surface area contributed by atoms with E-state index >= 15 is 0 Å². The Morgan fingerprint density at radius 3 is 2.55 bits per heavy atom. The maximum atomic E-state index is 12.8. The van der Waals surface area contributed by atoms with Gasteiger partial charge in [-0.2, -0.15) is 0 Å². The largest absolute Gasteiger partial charge is 0.256 e. The van der Waals surface area contributed by atoms with Gasteiger partial charge in [0.25, 0.3) is 0 Å². The molecule has 102 valence electrons. The highest BCUT2D eigenvalue weighted by Crippen LogP contribution is 2.29. The number of aromatic nitrogens is 2. The number of hydrogen-bond acceptors (Lipinski definition) is 2. The average Bonchev–Trinajstić information content (AvgIpc) is 2.75. The van der Waals surface area contributed by atoms with E-state index in [2.05, 4.69) is 20.9 Å². The number of nitrogens with zero attached hydrogens (tertiary/aromatic N) is 2. The Morgan fingerprint density at radius 1 is 1.15 bits per heavy atom. The van der Waals surface area contributed by atoms with Gasteiger partial charge in [-0.1, -0.05) is 18.2 Å². The van der Waals surface area contributed by atoms with Gasteiger partial charge in [-0.05, 0) is 54.0 Å². The maximum Gasteiger partial charge on any atom is 0.158 e. The minimum atomic E-state index is -1.29. The molecule has 20 heavy (non-hydrogen) atoms. The molecule has 0 N–H and O–H groups in total. The number of aryl methyl sites for hydroxylation is 2. The van der Waals surface area contributed by atoms with Gasteiger partial charge in [0.2, 0.25) is 0 Å². The number of pyridine rings is 1. The van der Waals surface area contributed by atoms with Crippen LogP contribution in [0.1, 0.15) is 11.4 Å². The van der Waals surface area contributed by atoms with Gasteiger partial charge in [-0.3, -0.25) is 4.98 Å². The fourth-order valence-corrected chi connectivity index (χ4v) is 4.36. The van der Waals surface area contributed by atoms with E-state index in [1.165, 1.54) is 0 Å². The zero-order valence-electron chi connectivity index (χ0n) is 11.1. The highest BCUT2D eigenvalue weighted by molar-refractivity contribution is 9.10. The molecule has 2 heterocycles. The van der Waals surface area contributed by atoms with Crippen LogP contribution < -0.4 is 0 Å². The maximum absolute atomic E-state index is 12.8. The summed E-state index contributed by atoms with van der Waals surface area (Å²) in [5.41, 5.74) is 2.75. The number of fused-ring (bicyclic) bond motifs is 1. The van der Waals surface area contributed by atoms with Gasteiger partial charge in [0, 0.05) is 11.1 Å². The summed E-state index contributed by atoms with van der Waals surface area (Å²) < 4.78 is 15.4. The molecule has 1 aromatic carbocycles. The minimum absolute atomic E-state index is 0.769. The normalized spacial score (nSPS) is 12.8. The molecule has 1 unspecified atom stereocenters. The quantitative estimate of drug-likeness (QED) is 0.701. The van der Waals surface area contributed by atoms with E-state index in [9.17, 15) is 4.21 Å². The molecule has 2 aromatic heterocycles. The zero-order chi connectivity index (χ0) is 14.3. The molecule has 3 nitrogen and oxygen atoms in total. The summed E-state index contributed by atoms with van der Waals surface area (Å²) in [5, 5.41) is 1.05. The molecule has 1 atom stereocenters. The predicted octanol–water partition coefficient (Wildman–Crippen LogP) is 3.99. The van der Waals surface area contributed by atoms with E-state index in [1.807, 2.05) is 56.3 Å². The molecule has 0 saturated heterocycles. The lowest BCUT2D eigenvalue weighted by Crippen LogP contribution is -2.06. The topological polar surface area (TPSA) is 34.9 Å². The van der Waals surface area contributed by atoms with Crippen molar-refractivity contribution in [2.75, 3.05) is 0 Å². The third-order valence-corrected chi connectivity index (χ3v) is 5.31. The predicted molar refractivity (Wildman–Crippen MR) is 85.2 cm³/mol. The standard InChI is InChI=1S/C15H13BrN2OS/c1-10-8-12-9-14(16)18(15(12)11(2)17-10)20(19)13-6-4-3-5-7-13/h3-9H,1-2H3. The fraction of sp³-hybridized carbons (Fsp3) is 0.133. The van der Waals surface area contributed by atoms with Crippen molar-refractivity contribution in [2.24, 2.45) is 0 Å². The lowest BCUT2D eigenvalue weighted by Gasteiger charge is -2.08. The van der Waals surface area contributed by atoms with Gasteiger partial charge in [-0.25, -0.2) is 8.18 Å². The zero-order valence-corrected chi connectivity index (χ0v) is 13.5. The number of halogens is 1. The van der Waals surface area contributed by atoms with E-state index in [1.54, 1.807) is 3.97 Å². The van der Waals surface area contributed by atoms with Crippen LogP contribution in [0.3, 0.4) is 0 Å². The molecule has 0 amide bonds. The van der Waals surface area contributed by atoms with E-state index < -0.39 is 11.0 Å². The second kappa shape index (κ2) is 5.14. The summed E-state index contributed by atoms with van der Waals surface area (Å²) in [7, 11) is -1.29. The lowest BCUT2D eigenvalue weighted by molar-refractivity contribution is 0.678. The molecule has 0 aliphatic rings. The molecule has 0 spiro atoms. The molecule has 3 rings (SSSR count). The molecule has 0 aliphatic heterocycles. The molecular weight excluding hydrogens is 336 g/mol. The van der Waals surface area contributed by atoms with Gasteiger partial charge in [0.15, 0.2) is 11.0 Å². The first-order valence-corrected chi connectivity index (χ1v) is 8.10. The Kier molecular flexibility index (Phi) is 3.48. The number of rotatable bonds is 2. The van der Waals surface area contributed by atoms with E-state index in [-0.39, 0.29) is 0 Å². The number of hydrogen-bond donors (Lipinski definition) is 0. The SMILES string of the molecule is Cc1cc2cc(Br)n(S(=O)c3ccccc3)c2c(C)n1. The van der Waals surface area contributed by atoms with Gasteiger partial charge < -0.3 is 0 Å². The van der Waals surface area contributed by atoms with Crippen LogP contribution in [0.25, 0.3) is 10.9 Å². The summed E-state index contributed by atoms with van der Waals surface area (Å²) in [6.45, 7) is 3.91. The van der Waals surface area contributed by atoms with E-state index in [0.29, 0.717) is 0 Å². The van der Waals surface area contributed by atoms with Crippen molar-refractivity contribution < 1.29 is 4.21 Å². The lowest BCUT2D eigenvalue weighted by atomic mass is 10.2. The average molecular weight is 349 g/mol. The van der Waals surface area contributed by atoms with Crippen molar-refractivity contribution in [3.05, 3.63) is 58.5 Å². The van der Waals surface area contributed by atoms with E-state index in [4.69, 9.17) is 0 Å². The Balaban J connectivity index is 2.27. The van der Waals surface area contributed by atoms with Crippen molar-refractivity contribution in [2.45, 2.75) is 18.7 Å². The summed E-state index contributed by atoms with van der Waals surface area (Å²) in [4.78, 5) is 5.24. The fourth-order valence-electron chi connectivity index (χ4n) is 2.32. The number of benzene rings is 1. The Labute approximate surface area is 128 Å². The van der Waals surface area contributed by atoms with Crippen molar-refractivity contribution >= 4 is 37.8 Å². The Bertz CT molecular complexity index is 812. The molecule has 3 aromatic rings. The molecule has 0 aliphatic carbocycles. The van der Waals surface area contributed by atoms with Crippen LogP contribution in [0, 0.1) is 13.8 Å². The van der Waals surface area contributed by atoms with Crippen LogP contribution in [0.5, 0.6) is 0 Å². The summed E-state index contributed by atoms with van der Waals surface area (Å²) in [6.07, 6.45) is 0. The third kappa shape index (κ3) is 2.21. The summed E-state index contributed by atoms with van der Waals surface area (Å²) in [5.74, 6) is 0. The first-order chi connectivity index (χ1) is 9.58. The van der Waals surface area contributed by atoms with Gasteiger partial charge in [-0.15, -0.1) is 0 Å². The van der Waals surface area contributed by atoms with Crippen molar-refractivity contribution in [3.8, 4) is 0 Å². The minimum Gasteiger partial charge on any atom is -0.256 e. The molecular formula is C15H13BrN2OS. The smallest absolute Gasteiger partial charge is 0.158 e. The molecule has 5 heteroatoms. The monoisotopic (exact) mass is 348 g/mol. The van der Waals surface area contributed by atoms with Crippen LogP contribution in [0.2, 0.25) is 0 Å². The third-order valence-electron chi connectivity index (χ3n) is 3.11. The second-order valence-electron chi connectivity index (χ2n) is 4.61. The Hall–Kier alpha value is -1.46. The van der Waals surface area contributed by atoms with Crippen molar-refractivity contribution in [3.63, 3.8) is 0 Å². The molecule has 0 saturated carbocycles. The first-order valence-electron chi connectivity index (χ1n) is 6.20. The van der Waals surface area contributed by atoms with Gasteiger partial charge >= 0.3 is 0 Å². The van der Waals surface area contributed by atoms with Crippen LogP contribution in [0.4, 0.5) is 0 Å². The van der Waals surface area contributed by atoms with Crippen LogP contribution in [-0.4, -0.2) is 13.2 Å². The van der Waals surface area contributed by atoms with Crippen LogP contribution in [0.15, 0.2) is 52.0 Å². The van der Waals surface area contributed by atoms with E-state index in [0.717, 1.165) is 31.8 Å². The molecule has 0 bridgehead atoms. The highest BCUT2D eigenvalue weighted by Gasteiger charge is 2.16. The van der Waals surface area contributed by atoms with Crippen LogP contribution >= 0.6 is 15.9 Å². The Morgan fingerprint density at radius 2 is 1.85 bits per heavy atom. The van der Waals surface area contributed by atoms with Gasteiger partial charge in [0.05, 0.1) is 20.7 Å². The summed E-state index contributed by atoms with van der Waals surface area (Å²) >= 11 is 3.51. The first kappa shape index (κ1) is 13.5. The highest BCUT2D eigenvalue weighted by atomic mass is 79.9. The molecule has 0 radical (unpaired) electrons. The summed E-state index contributed by atoms with van der Waals surface area (Å²) in [6, 6.07) is 13.4. The van der Waals surface area contributed by atoms with Crippen LogP contribution in [-0.2, 0) is 11.0 Å².